The molecule has 4 aromatic heterocycles. The molecule has 4 heterocycles. The molecule has 15 nitrogen and oxygen atoms in total. The summed E-state index contributed by atoms with van der Waals surface area (Å²) in [5, 5.41) is 20.6. The second-order valence-corrected chi connectivity index (χ2v) is 14.0. The fourth-order valence-electron chi connectivity index (χ4n) is 7.46. The van der Waals surface area contributed by atoms with Crippen molar-refractivity contribution in [3.05, 3.63) is 71.9 Å². The number of aromatic nitrogens is 2. The predicted octanol–water partition coefficient (Wildman–Crippen LogP) is 5.62. The Labute approximate surface area is 319 Å². The van der Waals surface area contributed by atoms with Crippen LogP contribution >= 0.6 is 0 Å². The molecule has 2 aliphatic carbocycles. The molecule has 2 saturated carbocycles. The van der Waals surface area contributed by atoms with Gasteiger partial charge in [-0.05, 0) is 86.9 Å². The number of hydrogen-bond donors (Lipinski definition) is 6. The highest BCUT2D eigenvalue weighted by atomic mass is 16.5. The summed E-state index contributed by atoms with van der Waals surface area (Å²) in [6, 6.07) is 9.87. The molecule has 2 atom stereocenters. The van der Waals surface area contributed by atoms with Gasteiger partial charge in [0.2, 0.25) is 11.8 Å². The maximum Gasteiger partial charge on any atom is 0.288 e. The maximum absolute atomic E-state index is 14.0. The van der Waals surface area contributed by atoms with Crippen molar-refractivity contribution >= 4 is 29.3 Å². The Morgan fingerprint density at radius 3 is 2.02 bits per heavy atom. The van der Waals surface area contributed by atoms with Crippen LogP contribution in [-0.2, 0) is 16.1 Å². The number of nitrogens with zero attached hydrogens (tertiary/aromatic N) is 2. The van der Waals surface area contributed by atoms with Gasteiger partial charge in [0.25, 0.3) is 11.8 Å². The quantitative estimate of drug-likeness (QED) is 0.0821. The first-order valence-electron chi connectivity index (χ1n) is 19.1. The van der Waals surface area contributed by atoms with E-state index in [4.69, 9.17) is 18.8 Å². The second-order valence-electron chi connectivity index (χ2n) is 14.0. The minimum absolute atomic E-state index is 0.0136. The first-order chi connectivity index (χ1) is 26.8. The van der Waals surface area contributed by atoms with Gasteiger partial charge in [0.05, 0.1) is 24.7 Å². The molecule has 0 spiro atoms. The summed E-state index contributed by atoms with van der Waals surface area (Å²) in [5.41, 5.74) is 3.71. The van der Waals surface area contributed by atoms with Gasteiger partial charge in [-0.2, -0.15) is 0 Å². The lowest BCUT2D eigenvalue weighted by Crippen LogP contribution is -2.51. The summed E-state index contributed by atoms with van der Waals surface area (Å²) in [6.45, 7) is 2.26. The molecule has 0 aromatic carbocycles. The Balaban J connectivity index is 1.22. The SMILES string of the molecule is CCOc1ccc(-c2cc(CNC(=O)C(NC(=O)c3ccc(-c4ccc(NO)cn4)o3)C3CCCCC3)c(C(=O)NC(C(=O)NC)C3CCCCC3)o2)nc1. The molecule has 0 saturated heterocycles. The van der Waals surface area contributed by atoms with E-state index in [0.29, 0.717) is 46.5 Å². The van der Waals surface area contributed by atoms with Crippen LogP contribution in [0.2, 0.25) is 0 Å². The highest BCUT2D eigenvalue weighted by Crippen LogP contribution is 2.31. The van der Waals surface area contributed by atoms with E-state index in [9.17, 15) is 19.2 Å². The number of pyridine rings is 2. The molecule has 292 valence electrons. The van der Waals surface area contributed by atoms with E-state index in [2.05, 4.69) is 31.2 Å². The van der Waals surface area contributed by atoms with E-state index in [-0.39, 0.29) is 35.8 Å². The molecule has 55 heavy (non-hydrogen) atoms. The van der Waals surface area contributed by atoms with Crippen molar-refractivity contribution in [2.24, 2.45) is 11.8 Å². The number of nitrogens with one attached hydrogen (secondary N) is 5. The van der Waals surface area contributed by atoms with Crippen molar-refractivity contribution in [1.29, 1.82) is 0 Å². The maximum atomic E-state index is 14.0. The van der Waals surface area contributed by atoms with E-state index < -0.39 is 29.8 Å². The number of anilines is 1. The Hall–Kier alpha value is -5.70. The van der Waals surface area contributed by atoms with Crippen LogP contribution in [0.15, 0.2) is 63.7 Å². The van der Waals surface area contributed by atoms with E-state index >= 15 is 0 Å². The molecule has 6 rings (SSSR count). The summed E-state index contributed by atoms with van der Waals surface area (Å²) in [7, 11) is 1.55. The van der Waals surface area contributed by atoms with Gasteiger partial charge in [-0.25, -0.2) is 4.98 Å². The third-order valence-electron chi connectivity index (χ3n) is 10.4. The van der Waals surface area contributed by atoms with E-state index in [0.717, 1.165) is 64.2 Å². The molecule has 0 radical (unpaired) electrons. The van der Waals surface area contributed by atoms with Crippen LogP contribution in [0.1, 0.15) is 97.8 Å². The van der Waals surface area contributed by atoms with Crippen LogP contribution in [0.5, 0.6) is 5.75 Å². The van der Waals surface area contributed by atoms with E-state index in [1.165, 1.54) is 12.3 Å². The standard InChI is InChI=1S/C40H49N7O8/c1-3-53-28-15-17-30(43-23-28)33-20-26(36(55-33)40(51)46-34(38(49)41-2)24-10-6-4-7-11-24)21-44-39(50)35(25-12-8-5-9-13-25)45-37(48)32-19-18-31(54-32)29-16-14-27(47-52)22-42-29/h14-20,22-25,34-35,47,52H,3-13,21H2,1-2H3,(H,41,49)(H,44,50)(H,45,48)(H,46,51). The number of hydrogen-bond acceptors (Lipinski definition) is 11. The van der Waals surface area contributed by atoms with Crippen molar-refractivity contribution in [3.8, 4) is 28.7 Å². The fraction of sp³-hybridized carbons (Fsp3) is 0.450. The van der Waals surface area contributed by atoms with Gasteiger partial charge in [0.1, 0.15) is 29.2 Å². The van der Waals surface area contributed by atoms with E-state index in [1.807, 2.05) is 12.4 Å². The van der Waals surface area contributed by atoms with Gasteiger partial charge in [-0.15, -0.1) is 0 Å². The smallest absolute Gasteiger partial charge is 0.288 e. The lowest BCUT2D eigenvalue weighted by molar-refractivity contribution is -0.125. The van der Waals surface area contributed by atoms with Crippen LogP contribution in [0.3, 0.4) is 0 Å². The van der Waals surface area contributed by atoms with Crippen molar-refractivity contribution in [1.82, 2.24) is 31.2 Å². The molecule has 4 amide bonds. The Kier molecular flexibility index (Phi) is 13.2. The highest BCUT2D eigenvalue weighted by Gasteiger charge is 2.34. The molecular formula is C40H49N7O8. The number of rotatable bonds is 15. The van der Waals surface area contributed by atoms with Crippen molar-refractivity contribution in [2.45, 2.75) is 89.8 Å². The summed E-state index contributed by atoms with van der Waals surface area (Å²) >= 11 is 0. The van der Waals surface area contributed by atoms with Crippen LogP contribution in [0.4, 0.5) is 5.69 Å². The summed E-state index contributed by atoms with van der Waals surface area (Å²) in [4.78, 5) is 63.2. The second kappa shape index (κ2) is 18.6. The number of furan rings is 2. The monoisotopic (exact) mass is 755 g/mol. The first kappa shape index (κ1) is 39.0. The molecule has 2 fully saturated rings. The van der Waals surface area contributed by atoms with Crippen LogP contribution < -0.4 is 31.5 Å². The minimum atomic E-state index is -0.880. The molecule has 15 heteroatoms. The summed E-state index contributed by atoms with van der Waals surface area (Å²) < 4.78 is 17.5. The number of ether oxygens (including phenoxy) is 1. The van der Waals surface area contributed by atoms with Crippen LogP contribution in [-0.4, -0.2) is 64.5 Å². The van der Waals surface area contributed by atoms with Crippen LogP contribution in [0.25, 0.3) is 22.9 Å². The Morgan fingerprint density at radius 1 is 0.782 bits per heavy atom. The summed E-state index contributed by atoms with van der Waals surface area (Å²) in [6.07, 6.45) is 12.1. The predicted molar refractivity (Wildman–Crippen MR) is 202 cm³/mol. The van der Waals surface area contributed by atoms with Crippen LogP contribution in [0, 0.1) is 11.8 Å². The molecule has 2 unspecified atom stereocenters. The molecule has 6 N–H and O–H groups in total. The van der Waals surface area contributed by atoms with E-state index in [1.54, 1.807) is 49.6 Å². The first-order valence-corrected chi connectivity index (χ1v) is 19.1. The van der Waals surface area contributed by atoms with Gasteiger partial charge in [0.15, 0.2) is 23.0 Å². The van der Waals surface area contributed by atoms with Gasteiger partial charge in [-0.3, -0.25) is 34.8 Å². The molecule has 4 aromatic rings. The zero-order valence-corrected chi connectivity index (χ0v) is 31.2. The third kappa shape index (κ3) is 9.70. The summed E-state index contributed by atoms with van der Waals surface area (Å²) in [5.74, 6) is -0.778. The van der Waals surface area contributed by atoms with Crippen molar-refractivity contribution < 1.29 is 38.0 Å². The minimum Gasteiger partial charge on any atom is -0.492 e. The van der Waals surface area contributed by atoms with Gasteiger partial charge in [0, 0.05) is 19.2 Å². The van der Waals surface area contributed by atoms with Gasteiger partial charge in [-0.1, -0.05) is 38.5 Å². The fourth-order valence-corrected chi connectivity index (χ4v) is 7.46. The number of amides is 4. The normalized spacial score (nSPS) is 16.1. The average molecular weight is 756 g/mol. The largest absolute Gasteiger partial charge is 0.492 e. The number of carbonyl (C=O) groups excluding carboxylic acids is 4. The molecule has 2 aliphatic rings. The number of carbonyl (C=O) groups is 4. The highest BCUT2D eigenvalue weighted by molar-refractivity contribution is 5.98. The third-order valence-corrected chi connectivity index (χ3v) is 10.4. The van der Waals surface area contributed by atoms with Gasteiger partial charge >= 0.3 is 0 Å². The Bertz CT molecular complexity index is 1910. The van der Waals surface area contributed by atoms with Crippen molar-refractivity contribution in [3.63, 3.8) is 0 Å². The molecule has 0 aliphatic heterocycles. The topological polar surface area (TPSA) is 210 Å². The molecular weight excluding hydrogens is 706 g/mol. The zero-order chi connectivity index (χ0) is 38.7. The van der Waals surface area contributed by atoms with Gasteiger partial charge < -0.3 is 34.8 Å². The lowest BCUT2D eigenvalue weighted by Gasteiger charge is -2.30. The lowest BCUT2D eigenvalue weighted by atomic mass is 9.83. The van der Waals surface area contributed by atoms with Crippen molar-refractivity contribution in [2.75, 3.05) is 19.1 Å². The molecule has 0 bridgehead atoms. The number of likely N-dealkylation sites (N-methyl/N-ethyl adjacent to an activating group) is 1. The Morgan fingerprint density at radius 2 is 1.42 bits per heavy atom. The zero-order valence-electron chi connectivity index (χ0n) is 31.2. The average Bonchev–Trinajstić information content (AvgIpc) is 3.90.